The monoisotopic (exact) mass is 252 g/mol. The van der Waals surface area contributed by atoms with Crippen molar-refractivity contribution in [2.75, 3.05) is 13.6 Å². The van der Waals surface area contributed by atoms with E-state index in [4.69, 9.17) is 4.98 Å². The largest absolute Gasteiger partial charge is 0.319 e. The van der Waals surface area contributed by atoms with Gasteiger partial charge in [0, 0.05) is 17.2 Å². The number of nitrogens with one attached hydrogen (secondary N) is 1. The molecule has 0 spiro atoms. The van der Waals surface area contributed by atoms with Gasteiger partial charge < -0.3 is 5.32 Å². The molecule has 2 rings (SSSR count). The highest BCUT2D eigenvalue weighted by Gasteiger charge is 2.31. The lowest BCUT2D eigenvalue weighted by atomic mass is 9.72. The van der Waals surface area contributed by atoms with Gasteiger partial charge in [-0.2, -0.15) is 0 Å². The Morgan fingerprint density at radius 2 is 2.06 bits per heavy atom. The minimum Gasteiger partial charge on any atom is -0.319 e. The average molecular weight is 252 g/mol. The lowest BCUT2D eigenvalue weighted by Gasteiger charge is -2.36. The number of thiazole rings is 1. The van der Waals surface area contributed by atoms with Gasteiger partial charge in [0.15, 0.2) is 0 Å². The molecule has 3 heteroatoms. The normalized spacial score (nSPS) is 24.7. The van der Waals surface area contributed by atoms with E-state index in [-0.39, 0.29) is 5.41 Å². The summed E-state index contributed by atoms with van der Waals surface area (Å²) < 4.78 is 0. The lowest BCUT2D eigenvalue weighted by Crippen LogP contribution is -2.35. The van der Waals surface area contributed by atoms with Crippen LogP contribution in [0.3, 0.4) is 0 Å². The van der Waals surface area contributed by atoms with Gasteiger partial charge in [-0.15, -0.1) is 11.3 Å². The minimum atomic E-state index is 0.193. The second kappa shape index (κ2) is 5.07. The van der Waals surface area contributed by atoms with Crippen LogP contribution in [0.2, 0.25) is 0 Å². The van der Waals surface area contributed by atoms with E-state index in [2.05, 4.69) is 38.5 Å². The highest BCUT2D eigenvalue weighted by atomic mass is 32.1. The number of hydrogen-bond acceptors (Lipinski definition) is 3. The second-order valence-corrected chi connectivity index (χ2v) is 7.18. The smallest absolute Gasteiger partial charge is 0.0931 e. The molecule has 17 heavy (non-hydrogen) atoms. The Balaban J connectivity index is 1.93. The summed E-state index contributed by atoms with van der Waals surface area (Å²) in [7, 11) is 2.05. The molecule has 1 aliphatic carbocycles. The average Bonchev–Trinajstić information content (AvgIpc) is 2.69. The summed E-state index contributed by atoms with van der Waals surface area (Å²) in [4.78, 5) is 4.80. The summed E-state index contributed by atoms with van der Waals surface area (Å²) in [6.45, 7) is 7.87. The zero-order valence-corrected chi connectivity index (χ0v) is 12.2. The molecule has 2 unspecified atom stereocenters. The van der Waals surface area contributed by atoms with E-state index < -0.39 is 0 Å². The molecule has 0 saturated heterocycles. The summed E-state index contributed by atoms with van der Waals surface area (Å²) in [6, 6.07) is 0. The number of hydrogen-bond donors (Lipinski definition) is 1. The van der Waals surface area contributed by atoms with Crippen LogP contribution in [0, 0.1) is 11.8 Å². The molecule has 1 N–H and O–H groups in total. The first kappa shape index (κ1) is 13.0. The van der Waals surface area contributed by atoms with Gasteiger partial charge in [-0.25, -0.2) is 4.98 Å². The third-order valence-corrected chi connectivity index (χ3v) is 4.67. The Morgan fingerprint density at radius 3 is 2.53 bits per heavy atom. The second-order valence-electron chi connectivity index (χ2n) is 6.24. The Morgan fingerprint density at radius 1 is 1.35 bits per heavy atom. The van der Waals surface area contributed by atoms with Gasteiger partial charge in [0.2, 0.25) is 0 Å². The van der Waals surface area contributed by atoms with Crippen molar-refractivity contribution in [2.45, 2.75) is 45.4 Å². The van der Waals surface area contributed by atoms with Crippen LogP contribution in [0.5, 0.6) is 0 Å². The maximum atomic E-state index is 4.80. The van der Waals surface area contributed by atoms with E-state index >= 15 is 0 Å². The number of rotatable bonds is 4. The number of aromatic nitrogens is 1. The summed E-state index contributed by atoms with van der Waals surface area (Å²) in [5, 5.41) is 6.87. The Labute approximate surface area is 109 Å². The van der Waals surface area contributed by atoms with Crippen molar-refractivity contribution < 1.29 is 0 Å². The predicted octanol–water partition coefficient (Wildman–Crippen LogP) is 3.23. The van der Waals surface area contributed by atoms with Crippen LogP contribution in [0.1, 0.15) is 44.3 Å². The Bertz CT molecular complexity index is 365. The minimum absolute atomic E-state index is 0.193. The summed E-state index contributed by atoms with van der Waals surface area (Å²) in [6.07, 6.45) is 3.97. The third kappa shape index (κ3) is 3.08. The maximum Gasteiger partial charge on any atom is 0.0931 e. The van der Waals surface area contributed by atoms with Crippen molar-refractivity contribution in [1.29, 1.82) is 0 Å². The molecule has 1 aromatic rings. The van der Waals surface area contributed by atoms with Gasteiger partial charge in [0.25, 0.3) is 0 Å². The Kier molecular flexibility index (Phi) is 3.88. The molecule has 0 amide bonds. The van der Waals surface area contributed by atoms with Crippen LogP contribution in [0.25, 0.3) is 0 Å². The molecule has 0 radical (unpaired) electrons. The maximum absolute atomic E-state index is 4.80. The van der Waals surface area contributed by atoms with E-state index in [0.29, 0.717) is 0 Å². The van der Waals surface area contributed by atoms with Gasteiger partial charge >= 0.3 is 0 Å². The first-order chi connectivity index (χ1) is 8.00. The van der Waals surface area contributed by atoms with Gasteiger partial charge in [0.05, 0.1) is 10.7 Å². The van der Waals surface area contributed by atoms with Crippen molar-refractivity contribution in [3.05, 3.63) is 16.1 Å². The number of nitrogens with zero attached hydrogens (tertiary/aromatic N) is 1. The molecular formula is C14H24N2S. The van der Waals surface area contributed by atoms with Crippen molar-refractivity contribution in [1.82, 2.24) is 10.3 Å². The highest BCUT2D eigenvalue weighted by Crippen LogP contribution is 2.37. The van der Waals surface area contributed by atoms with Crippen LogP contribution < -0.4 is 5.32 Å². The molecule has 1 fully saturated rings. The standard InChI is InChI=1S/C14H24N2S/c1-14(2,3)12-9-17-13(16-12)7-10-5-6-11(10)8-15-4/h9-11,15H,5-8H2,1-4H3. The van der Waals surface area contributed by atoms with Crippen LogP contribution in [0.4, 0.5) is 0 Å². The molecule has 1 saturated carbocycles. The van der Waals surface area contributed by atoms with E-state index in [9.17, 15) is 0 Å². The molecule has 2 atom stereocenters. The summed E-state index contributed by atoms with van der Waals surface area (Å²) in [5.41, 5.74) is 1.45. The van der Waals surface area contributed by atoms with Crippen LogP contribution >= 0.6 is 11.3 Å². The molecule has 1 heterocycles. The van der Waals surface area contributed by atoms with Crippen LogP contribution in [-0.4, -0.2) is 18.6 Å². The van der Waals surface area contributed by atoms with E-state index in [0.717, 1.165) is 11.8 Å². The molecule has 1 aliphatic rings. The fourth-order valence-corrected chi connectivity index (χ4v) is 3.53. The fraction of sp³-hybridized carbons (Fsp3) is 0.786. The van der Waals surface area contributed by atoms with Crippen molar-refractivity contribution in [2.24, 2.45) is 11.8 Å². The topological polar surface area (TPSA) is 24.9 Å². The SMILES string of the molecule is CNCC1CCC1Cc1nc(C(C)(C)C)cs1. The van der Waals surface area contributed by atoms with Crippen LogP contribution in [-0.2, 0) is 11.8 Å². The molecule has 96 valence electrons. The Hall–Kier alpha value is -0.410. The zero-order valence-electron chi connectivity index (χ0n) is 11.4. The van der Waals surface area contributed by atoms with E-state index in [1.807, 2.05) is 11.3 Å². The van der Waals surface area contributed by atoms with Crippen molar-refractivity contribution in [3.63, 3.8) is 0 Å². The molecule has 1 aromatic heterocycles. The summed E-state index contributed by atoms with van der Waals surface area (Å²) in [5.74, 6) is 1.74. The molecule has 0 aliphatic heterocycles. The summed E-state index contributed by atoms with van der Waals surface area (Å²) >= 11 is 1.84. The van der Waals surface area contributed by atoms with Gasteiger partial charge in [0.1, 0.15) is 0 Å². The van der Waals surface area contributed by atoms with Gasteiger partial charge in [-0.3, -0.25) is 0 Å². The van der Waals surface area contributed by atoms with Gasteiger partial charge in [-0.1, -0.05) is 20.8 Å². The van der Waals surface area contributed by atoms with E-state index in [1.165, 1.54) is 36.5 Å². The first-order valence-corrected chi connectivity index (χ1v) is 7.48. The molecule has 2 nitrogen and oxygen atoms in total. The molecule has 0 bridgehead atoms. The zero-order chi connectivity index (χ0) is 12.5. The van der Waals surface area contributed by atoms with Crippen molar-refractivity contribution in [3.8, 4) is 0 Å². The highest BCUT2D eigenvalue weighted by molar-refractivity contribution is 7.09. The van der Waals surface area contributed by atoms with Crippen LogP contribution in [0.15, 0.2) is 5.38 Å². The van der Waals surface area contributed by atoms with Gasteiger partial charge in [-0.05, 0) is 38.3 Å². The first-order valence-electron chi connectivity index (χ1n) is 6.60. The predicted molar refractivity (Wildman–Crippen MR) is 74.7 cm³/mol. The quantitative estimate of drug-likeness (QED) is 0.890. The lowest BCUT2D eigenvalue weighted by molar-refractivity contribution is 0.174. The molecule has 0 aromatic carbocycles. The molecular weight excluding hydrogens is 228 g/mol. The van der Waals surface area contributed by atoms with E-state index in [1.54, 1.807) is 0 Å². The van der Waals surface area contributed by atoms with Crippen molar-refractivity contribution >= 4 is 11.3 Å². The third-order valence-electron chi connectivity index (χ3n) is 3.80. The fourth-order valence-electron chi connectivity index (χ4n) is 2.41.